The van der Waals surface area contributed by atoms with Gasteiger partial charge in [-0.3, -0.25) is 4.79 Å². The van der Waals surface area contributed by atoms with Gasteiger partial charge >= 0.3 is 0 Å². The Hall–Kier alpha value is -0.0400. The number of carbonyl (C=O) groups is 1. The SMILES string of the molecule is CC(=O)C(C)C(C)(C)Cl. The zero-order chi connectivity index (χ0) is 7.65. The standard InChI is InChI=1S/C7H13ClO/c1-5(6(2)9)7(3,4)8/h5H,1-4H3. The van der Waals surface area contributed by atoms with Crippen LogP contribution in [0.1, 0.15) is 27.7 Å². The molecule has 1 atom stereocenters. The van der Waals surface area contributed by atoms with Gasteiger partial charge in [0.2, 0.25) is 0 Å². The van der Waals surface area contributed by atoms with Gasteiger partial charge in [-0.1, -0.05) is 6.92 Å². The lowest BCUT2D eigenvalue weighted by Crippen LogP contribution is -2.27. The Morgan fingerprint density at radius 1 is 1.56 bits per heavy atom. The van der Waals surface area contributed by atoms with E-state index >= 15 is 0 Å². The maximum absolute atomic E-state index is 10.7. The molecule has 1 nitrogen and oxygen atoms in total. The van der Waals surface area contributed by atoms with Crippen LogP contribution in [-0.2, 0) is 4.79 Å². The molecule has 0 fully saturated rings. The minimum atomic E-state index is -0.397. The first-order valence-electron chi connectivity index (χ1n) is 3.05. The van der Waals surface area contributed by atoms with Crippen LogP contribution in [-0.4, -0.2) is 10.7 Å². The van der Waals surface area contributed by atoms with E-state index in [0.717, 1.165) is 0 Å². The normalized spacial score (nSPS) is 15.2. The average Bonchev–Trinajstić information content (AvgIpc) is 1.62. The molecule has 0 aromatic heterocycles. The van der Waals surface area contributed by atoms with Crippen LogP contribution in [0.5, 0.6) is 0 Å². The van der Waals surface area contributed by atoms with E-state index in [2.05, 4.69) is 0 Å². The molecule has 54 valence electrons. The van der Waals surface area contributed by atoms with E-state index in [-0.39, 0.29) is 11.7 Å². The fourth-order valence-corrected chi connectivity index (χ4v) is 0.637. The van der Waals surface area contributed by atoms with Gasteiger partial charge in [0.1, 0.15) is 5.78 Å². The molecule has 9 heavy (non-hydrogen) atoms. The van der Waals surface area contributed by atoms with Crippen LogP contribution in [0.25, 0.3) is 0 Å². The molecular formula is C7H13ClO. The van der Waals surface area contributed by atoms with Gasteiger partial charge in [-0.15, -0.1) is 11.6 Å². The highest BCUT2D eigenvalue weighted by Crippen LogP contribution is 2.24. The lowest BCUT2D eigenvalue weighted by Gasteiger charge is -2.21. The van der Waals surface area contributed by atoms with Crippen molar-refractivity contribution in [2.24, 2.45) is 5.92 Å². The smallest absolute Gasteiger partial charge is 0.134 e. The third-order valence-electron chi connectivity index (χ3n) is 1.64. The van der Waals surface area contributed by atoms with E-state index in [4.69, 9.17) is 11.6 Å². The molecule has 0 amide bonds. The van der Waals surface area contributed by atoms with Crippen molar-refractivity contribution in [3.8, 4) is 0 Å². The Morgan fingerprint density at radius 2 is 1.89 bits per heavy atom. The molecule has 0 saturated carbocycles. The van der Waals surface area contributed by atoms with E-state index in [0.29, 0.717) is 0 Å². The summed E-state index contributed by atoms with van der Waals surface area (Å²) in [5.41, 5.74) is 0. The Bertz CT molecular complexity index is 113. The third kappa shape index (κ3) is 2.85. The maximum atomic E-state index is 10.7. The Balaban J connectivity index is 4.04. The van der Waals surface area contributed by atoms with Gasteiger partial charge in [0.15, 0.2) is 0 Å². The molecule has 0 bridgehead atoms. The molecule has 0 radical (unpaired) electrons. The summed E-state index contributed by atoms with van der Waals surface area (Å²) in [5, 5.41) is 0. The Morgan fingerprint density at radius 3 is 1.89 bits per heavy atom. The summed E-state index contributed by atoms with van der Waals surface area (Å²) < 4.78 is 0. The van der Waals surface area contributed by atoms with Gasteiger partial charge in [-0.2, -0.15) is 0 Å². The number of halogens is 1. The van der Waals surface area contributed by atoms with Gasteiger partial charge in [0.25, 0.3) is 0 Å². The number of hydrogen-bond donors (Lipinski definition) is 0. The van der Waals surface area contributed by atoms with Crippen LogP contribution in [0.15, 0.2) is 0 Å². The maximum Gasteiger partial charge on any atom is 0.134 e. The fraction of sp³-hybridized carbons (Fsp3) is 0.857. The van der Waals surface area contributed by atoms with Gasteiger partial charge in [-0.05, 0) is 20.8 Å². The van der Waals surface area contributed by atoms with Gasteiger partial charge in [0.05, 0.1) is 0 Å². The van der Waals surface area contributed by atoms with Crippen molar-refractivity contribution in [3.05, 3.63) is 0 Å². The molecular weight excluding hydrogens is 136 g/mol. The molecule has 0 N–H and O–H groups in total. The zero-order valence-electron chi connectivity index (χ0n) is 6.36. The van der Waals surface area contributed by atoms with E-state index in [1.807, 2.05) is 20.8 Å². The molecule has 0 heterocycles. The van der Waals surface area contributed by atoms with Crippen molar-refractivity contribution in [1.29, 1.82) is 0 Å². The summed E-state index contributed by atoms with van der Waals surface area (Å²) in [4.78, 5) is 10.3. The molecule has 0 aliphatic heterocycles. The Labute approximate surface area is 61.4 Å². The summed E-state index contributed by atoms with van der Waals surface area (Å²) in [6.45, 7) is 7.10. The molecule has 1 unspecified atom stereocenters. The first-order chi connectivity index (χ1) is 3.85. The van der Waals surface area contributed by atoms with E-state index in [1.54, 1.807) is 6.92 Å². The molecule has 0 rings (SSSR count). The summed E-state index contributed by atoms with van der Waals surface area (Å²) >= 11 is 5.86. The van der Waals surface area contributed by atoms with Crippen LogP contribution in [0.2, 0.25) is 0 Å². The van der Waals surface area contributed by atoms with Crippen molar-refractivity contribution >= 4 is 17.4 Å². The average molecular weight is 149 g/mol. The minimum Gasteiger partial charge on any atom is -0.300 e. The topological polar surface area (TPSA) is 17.1 Å². The van der Waals surface area contributed by atoms with Crippen LogP contribution in [0.3, 0.4) is 0 Å². The second-order valence-corrected chi connectivity index (χ2v) is 3.87. The van der Waals surface area contributed by atoms with Crippen molar-refractivity contribution in [2.75, 3.05) is 0 Å². The summed E-state index contributed by atoms with van der Waals surface area (Å²) in [5.74, 6) is 0.0918. The lowest BCUT2D eigenvalue weighted by molar-refractivity contribution is -0.120. The van der Waals surface area contributed by atoms with E-state index in [1.165, 1.54) is 0 Å². The minimum absolute atomic E-state index is 0.0563. The number of carbonyl (C=O) groups excluding carboxylic acids is 1. The predicted octanol–water partition coefficient (Wildman–Crippen LogP) is 2.23. The van der Waals surface area contributed by atoms with Crippen molar-refractivity contribution < 1.29 is 4.79 Å². The molecule has 0 aliphatic carbocycles. The summed E-state index contributed by atoms with van der Waals surface area (Å²) in [6.07, 6.45) is 0. The number of rotatable bonds is 2. The summed E-state index contributed by atoms with van der Waals surface area (Å²) in [6, 6.07) is 0. The second-order valence-electron chi connectivity index (χ2n) is 2.90. The lowest BCUT2D eigenvalue weighted by atomic mass is 9.94. The molecule has 0 spiro atoms. The summed E-state index contributed by atoms with van der Waals surface area (Å²) in [7, 11) is 0. The first kappa shape index (κ1) is 8.96. The number of ketones is 1. The molecule has 0 saturated heterocycles. The van der Waals surface area contributed by atoms with Crippen LogP contribution in [0, 0.1) is 5.92 Å². The Kier molecular flexibility index (Phi) is 2.68. The fourth-order valence-electron chi connectivity index (χ4n) is 0.483. The first-order valence-corrected chi connectivity index (χ1v) is 3.43. The molecule has 0 aromatic carbocycles. The van der Waals surface area contributed by atoms with Gasteiger partial charge in [0, 0.05) is 10.8 Å². The van der Waals surface area contributed by atoms with Crippen LogP contribution >= 0.6 is 11.6 Å². The highest BCUT2D eigenvalue weighted by molar-refractivity contribution is 6.24. The molecule has 0 aliphatic rings. The zero-order valence-corrected chi connectivity index (χ0v) is 7.12. The molecule has 2 heteroatoms. The number of alkyl halides is 1. The largest absolute Gasteiger partial charge is 0.300 e. The van der Waals surface area contributed by atoms with Crippen molar-refractivity contribution in [2.45, 2.75) is 32.6 Å². The van der Waals surface area contributed by atoms with Crippen molar-refractivity contribution in [1.82, 2.24) is 0 Å². The highest BCUT2D eigenvalue weighted by atomic mass is 35.5. The third-order valence-corrected chi connectivity index (χ3v) is 1.97. The van der Waals surface area contributed by atoms with Crippen LogP contribution < -0.4 is 0 Å². The number of Topliss-reactive ketones (excluding diaryl/α,β-unsaturated/α-hetero) is 1. The molecule has 0 aromatic rings. The van der Waals surface area contributed by atoms with Gasteiger partial charge < -0.3 is 0 Å². The highest BCUT2D eigenvalue weighted by Gasteiger charge is 2.25. The van der Waals surface area contributed by atoms with E-state index < -0.39 is 4.87 Å². The monoisotopic (exact) mass is 148 g/mol. The van der Waals surface area contributed by atoms with E-state index in [9.17, 15) is 4.79 Å². The predicted molar refractivity (Wildman–Crippen MR) is 39.8 cm³/mol. The quantitative estimate of drug-likeness (QED) is 0.549. The van der Waals surface area contributed by atoms with Crippen LogP contribution in [0.4, 0.5) is 0 Å². The van der Waals surface area contributed by atoms with Gasteiger partial charge in [-0.25, -0.2) is 0 Å². The number of hydrogen-bond acceptors (Lipinski definition) is 1. The van der Waals surface area contributed by atoms with Crippen molar-refractivity contribution in [3.63, 3.8) is 0 Å². The second kappa shape index (κ2) is 2.70.